The van der Waals surface area contributed by atoms with Crippen LogP contribution in [0.15, 0.2) is 46.9 Å². The summed E-state index contributed by atoms with van der Waals surface area (Å²) in [5, 5.41) is 22.3. The maximum atomic E-state index is 11.9. The van der Waals surface area contributed by atoms with Gasteiger partial charge in [0, 0.05) is 0 Å². The molecule has 0 spiro atoms. The highest BCUT2D eigenvalue weighted by Gasteiger charge is 2.20. The van der Waals surface area contributed by atoms with Crippen LogP contribution in [0.3, 0.4) is 0 Å². The molecule has 2 rings (SSSR count). The second kappa shape index (κ2) is 5.98. The summed E-state index contributed by atoms with van der Waals surface area (Å²) in [7, 11) is 0. The van der Waals surface area contributed by atoms with Gasteiger partial charge in [0.15, 0.2) is 5.76 Å². The molecule has 0 saturated heterocycles. The second-order valence-corrected chi connectivity index (χ2v) is 4.01. The quantitative estimate of drug-likeness (QED) is 0.638. The van der Waals surface area contributed by atoms with E-state index < -0.39 is 22.8 Å². The summed E-state index contributed by atoms with van der Waals surface area (Å²) in [5.41, 5.74) is 0.726. The van der Waals surface area contributed by atoms with Gasteiger partial charge < -0.3 is 14.8 Å². The maximum Gasteiger partial charge on any atom is 0.433 e. The van der Waals surface area contributed by atoms with Gasteiger partial charge in [0.25, 0.3) is 5.91 Å². The fourth-order valence-electron chi connectivity index (χ4n) is 1.70. The van der Waals surface area contributed by atoms with Crippen molar-refractivity contribution in [3.63, 3.8) is 0 Å². The van der Waals surface area contributed by atoms with Gasteiger partial charge in [0.05, 0.1) is 18.7 Å². The average molecular weight is 276 g/mol. The van der Waals surface area contributed by atoms with Gasteiger partial charge in [-0.1, -0.05) is 30.3 Å². The van der Waals surface area contributed by atoms with Crippen LogP contribution in [-0.2, 0) is 0 Å². The zero-order chi connectivity index (χ0) is 14.5. The number of nitrogens with one attached hydrogen (secondary N) is 1. The van der Waals surface area contributed by atoms with Crippen LogP contribution in [0.2, 0.25) is 0 Å². The molecule has 1 unspecified atom stereocenters. The highest BCUT2D eigenvalue weighted by Crippen LogP contribution is 2.17. The molecule has 0 saturated carbocycles. The molecule has 0 aliphatic rings. The standard InChI is InChI=1S/C13H12N2O5/c16-8-10(9-4-2-1-3-5-9)14-13(17)11-6-7-12(20-11)15(18)19/h1-7,10,16H,8H2,(H,14,17). The van der Waals surface area contributed by atoms with E-state index in [9.17, 15) is 20.0 Å². The number of amides is 1. The molecular formula is C13H12N2O5. The lowest BCUT2D eigenvalue weighted by Crippen LogP contribution is -2.30. The molecule has 7 heteroatoms. The Morgan fingerprint density at radius 2 is 2.00 bits per heavy atom. The minimum atomic E-state index is -0.725. The van der Waals surface area contributed by atoms with E-state index in [4.69, 9.17) is 4.42 Å². The van der Waals surface area contributed by atoms with Crippen LogP contribution in [0.1, 0.15) is 22.2 Å². The minimum absolute atomic E-state index is 0.175. The van der Waals surface area contributed by atoms with Crippen molar-refractivity contribution in [2.45, 2.75) is 6.04 Å². The average Bonchev–Trinajstić information content (AvgIpc) is 2.95. The molecule has 104 valence electrons. The van der Waals surface area contributed by atoms with Crippen LogP contribution in [0.25, 0.3) is 0 Å². The highest BCUT2D eigenvalue weighted by atomic mass is 16.6. The number of aliphatic hydroxyl groups is 1. The lowest BCUT2D eigenvalue weighted by Gasteiger charge is -2.15. The van der Waals surface area contributed by atoms with E-state index in [1.165, 1.54) is 6.07 Å². The molecule has 1 heterocycles. The number of rotatable bonds is 5. The molecule has 20 heavy (non-hydrogen) atoms. The summed E-state index contributed by atoms with van der Waals surface area (Å²) in [6, 6.07) is 10.6. The first-order chi connectivity index (χ1) is 9.61. The van der Waals surface area contributed by atoms with E-state index >= 15 is 0 Å². The SMILES string of the molecule is O=C(NC(CO)c1ccccc1)c1ccc([N+](=O)[O-])o1. The molecule has 0 fully saturated rings. The molecule has 0 aliphatic heterocycles. The summed E-state index contributed by atoms with van der Waals surface area (Å²) >= 11 is 0. The summed E-state index contributed by atoms with van der Waals surface area (Å²) in [6.07, 6.45) is 0. The Balaban J connectivity index is 2.11. The summed E-state index contributed by atoms with van der Waals surface area (Å²) in [6.45, 7) is -0.293. The molecule has 0 radical (unpaired) electrons. The van der Waals surface area contributed by atoms with Crippen molar-refractivity contribution in [1.82, 2.24) is 5.32 Å². The monoisotopic (exact) mass is 276 g/mol. The molecule has 7 nitrogen and oxygen atoms in total. The third-order valence-corrected chi connectivity index (χ3v) is 2.69. The van der Waals surface area contributed by atoms with E-state index in [1.54, 1.807) is 24.3 Å². The van der Waals surface area contributed by atoms with Gasteiger partial charge in [-0.3, -0.25) is 14.9 Å². The number of nitro groups is 1. The first-order valence-corrected chi connectivity index (χ1v) is 5.82. The number of aliphatic hydroxyl groups excluding tert-OH is 1. The minimum Gasteiger partial charge on any atom is -0.395 e. The van der Waals surface area contributed by atoms with Crippen molar-refractivity contribution in [3.05, 3.63) is 63.9 Å². The van der Waals surface area contributed by atoms with Crippen molar-refractivity contribution in [2.24, 2.45) is 0 Å². The Bertz CT molecular complexity index is 608. The fraction of sp³-hybridized carbons (Fsp3) is 0.154. The first kappa shape index (κ1) is 13.8. The van der Waals surface area contributed by atoms with Gasteiger partial charge in [-0.05, 0) is 11.6 Å². The van der Waals surface area contributed by atoms with Crippen LogP contribution in [-0.4, -0.2) is 22.5 Å². The lowest BCUT2D eigenvalue weighted by atomic mass is 10.1. The van der Waals surface area contributed by atoms with Crippen molar-refractivity contribution in [3.8, 4) is 0 Å². The topological polar surface area (TPSA) is 106 Å². The van der Waals surface area contributed by atoms with Gasteiger partial charge in [0.2, 0.25) is 0 Å². The summed E-state index contributed by atoms with van der Waals surface area (Å²) < 4.78 is 4.80. The van der Waals surface area contributed by atoms with Gasteiger partial charge in [0.1, 0.15) is 4.92 Å². The number of hydrogen-bond donors (Lipinski definition) is 2. The van der Waals surface area contributed by atoms with E-state index in [1.807, 2.05) is 6.07 Å². The fourth-order valence-corrected chi connectivity index (χ4v) is 1.70. The van der Waals surface area contributed by atoms with Crippen molar-refractivity contribution >= 4 is 11.8 Å². The Labute approximate surface area is 114 Å². The molecule has 0 bridgehead atoms. The molecule has 2 aromatic rings. The van der Waals surface area contributed by atoms with Crippen LogP contribution in [0, 0.1) is 10.1 Å². The molecular weight excluding hydrogens is 264 g/mol. The molecule has 1 amide bonds. The Morgan fingerprint density at radius 3 is 2.55 bits per heavy atom. The third kappa shape index (κ3) is 3.01. The second-order valence-electron chi connectivity index (χ2n) is 4.01. The molecule has 1 aromatic heterocycles. The Morgan fingerprint density at radius 1 is 1.30 bits per heavy atom. The van der Waals surface area contributed by atoms with E-state index in [2.05, 4.69) is 5.32 Å². The van der Waals surface area contributed by atoms with E-state index in [-0.39, 0.29) is 12.4 Å². The van der Waals surface area contributed by atoms with Crippen LogP contribution in [0.4, 0.5) is 5.88 Å². The van der Waals surface area contributed by atoms with Crippen molar-refractivity contribution < 1.29 is 19.2 Å². The third-order valence-electron chi connectivity index (χ3n) is 2.69. The largest absolute Gasteiger partial charge is 0.433 e. The number of hydrogen-bond acceptors (Lipinski definition) is 5. The number of nitrogens with zero attached hydrogens (tertiary/aromatic N) is 1. The van der Waals surface area contributed by atoms with Crippen LogP contribution >= 0.6 is 0 Å². The number of carbonyl (C=O) groups is 1. The zero-order valence-electron chi connectivity index (χ0n) is 10.4. The van der Waals surface area contributed by atoms with Gasteiger partial charge >= 0.3 is 5.88 Å². The van der Waals surface area contributed by atoms with Crippen molar-refractivity contribution in [1.29, 1.82) is 0 Å². The highest BCUT2D eigenvalue weighted by molar-refractivity contribution is 5.92. The Hall–Kier alpha value is -2.67. The van der Waals surface area contributed by atoms with Gasteiger partial charge in [-0.2, -0.15) is 0 Å². The zero-order valence-corrected chi connectivity index (χ0v) is 10.4. The predicted octanol–water partition coefficient (Wildman–Crippen LogP) is 1.65. The number of carbonyl (C=O) groups excluding carboxylic acids is 1. The van der Waals surface area contributed by atoms with Crippen LogP contribution in [0.5, 0.6) is 0 Å². The number of benzene rings is 1. The number of furan rings is 1. The smallest absolute Gasteiger partial charge is 0.395 e. The summed E-state index contributed by atoms with van der Waals surface area (Å²) in [5.74, 6) is -1.30. The summed E-state index contributed by atoms with van der Waals surface area (Å²) in [4.78, 5) is 21.6. The van der Waals surface area contributed by atoms with E-state index in [0.29, 0.717) is 0 Å². The predicted molar refractivity (Wildman–Crippen MR) is 69.1 cm³/mol. The Kier molecular flexibility index (Phi) is 4.11. The van der Waals surface area contributed by atoms with Gasteiger partial charge in [-0.25, -0.2) is 0 Å². The molecule has 0 aliphatic carbocycles. The van der Waals surface area contributed by atoms with Gasteiger partial charge in [-0.15, -0.1) is 0 Å². The molecule has 1 aromatic carbocycles. The molecule has 1 atom stereocenters. The maximum absolute atomic E-state index is 11.9. The molecule has 2 N–H and O–H groups in total. The van der Waals surface area contributed by atoms with E-state index in [0.717, 1.165) is 11.6 Å². The normalized spacial score (nSPS) is 11.8. The van der Waals surface area contributed by atoms with Crippen molar-refractivity contribution in [2.75, 3.05) is 6.61 Å². The lowest BCUT2D eigenvalue weighted by molar-refractivity contribution is -0.402. The van der Waals surface area contributed by atoms with Crippen LogP contribution < -0.4 is 5.32 Å². The first-order valence-electron chi connectivity index (χ1n) is 5.82.